The lowest BCUT2D eigenvalue weighted by Crippen LogP contribution is -2.41. The summed E-state index contributed by atoms with van der Waals surface area (Å²) in [6.07, 6.45) is 4.43. The van der Waals surface area contributed by atoms with Gasteiger partial charge in [-0.1, -0.05) is 6.92 Å². The van der Waals surface area contributed by atoms with Gasteiger partial charge in [0.2, 0.25) is 0 Å². The molecule has 5 heteroatoms. The minimum atomic E-state index is -0.331. The summed E-state index contributed by atoms with van der Waals surface area (Å²) in [5.74, 6) is 1.91. The minimum absolute atomic E-state index is 0.314. The van der Waals surface area contributed by atoms with E-state index in [9.17, 15) is 0 Å². The lowest BCUT2D eigenvalue weighted by Gasteiger charge is -2.32. The van der Waals surface area contributed by atoms with E-state index in [2.05, 4.69) is 52.5 Å². The molecule has 4 nitrogen and oxygen atoms in total. The molecule has 0 radical (unpaired) electrons. The Labute approximate surface area is 140 Å². The third-order valence-electron chi connectivity index (χ3n) is 5.75. The fourth-order valence-electron chi connectivity index (χ4n) is 3.18. The van der Waals surface area contributed by atoms with Gasteiger partial charge in [0.1, 0.15) is 5.82 Å². The first-order chi connectivity index (χ1) is 10.7. The molecule has 1 aromatic heterocycles. The van der Waals surface area contributed by atoms with Crippen LogP contribution in [0.4, 0.5) is 5.82 Å². The zero-order valence-electron chi connectivity index (χ0n) is 15.3. The lowest BCUT2D eigenvalue weighted by atomic mass is 9.77. The second-order valence-corrected chi connectivity index (χ2v) is 8.16. The Kier molecular flexibility index (Phi) is 4.22. The predicted molar refractivity (Wildman–Crippen MR) is 95.3 cm³/mol. The molecule has 0 amide bonds. The average molecular weight is 316 g/mol. The summed E-state index contributed by atoms with van der Waals surface area (Å²) in [7, 11) is -0.331. The number of hydrogen-bond donors (Lipinski definition) is 0. The quantitative estimate of drug-likeness (QED) is 0.786. The number of piperidine rings is 1. The molecule has 0 atom stereocenters. The van der Waals surface area contributed by atoms with Crippen LogP contribution in [0.5, 0.6) is 0 Å². The van der Waals surface area contributed by atoms with E-state index in [1.807, 2.05) is 6.20 Å². The zero-order chi connectivity index (χ0) is 16.8. The van der Waals surface area contributed by atoms with Gasteiger partial charge in [0.15, 0.2) is 0 Å². The first-order valence-electron chi connectivity index (χ1n) is 8.77. The molecule has 3 rings (SSSR count). The molecule has 2 aliphatic heterocycles. The highest BCUT2D eigenvalue weighted by Crippen LogP contribution is 2.36. The number of aromatic nitrogens is 1. The number of pyridine rings is 1. The Balaban J connectivity index is 1.78. The zero-order valence-corrected chi connectivity index (χ0v) is 15.3. The van der Waals surface area contributed by atoms with Gasteiger partial charge >= 0.3 is 7.12 Å². The third kappa shape index (κ3) is 3.13. The molecule has 126 valence electrons. The van der Waals surface area contributed by atoms with Crippen LogP contribution >= 0.6 is 0 Å². The van der Waals surface area contributed by atoms with Crippen LogP contribution in [0.2, 0.25) is 0 Å². The van der Waals surface area contributed by atoms with Crippen molar-refractivity contribution in [2.45, 2.75) is 65.6 Å². The number of aryl methyl sites for hydroxylation is 1. The van der Waals surface area contributed by atoms with Crippen molar-refractivity contribution in [2.24, 2.45) is 5.92 Å². The largest absolute Gasteiger partial charge is 0.496 e. The molecule has 0 saturated carbocycles. The molecule has 0 unspecified atom stereocenters. The van der Waals surface area contributed by atoms with Crippen molar-refractivity contribution in [3.63, 3.8) is 0 Å². The lowest BCUT2D eigenvalue weighted by molar-refractivity contribution is 0.00578. The van der Waals surface area contributed by atoms with E-state index in [4.69, 9.17) is 14.3 Å². The second kappa shape index (κ2) is 5.78. The van der Waals surface area contributed by atoms with Gasteiger partial charge in [-0.3, -0.25) is 0 Å². The van der Waals surface area contributed by atoms with E-state index in [0.29, 0.717) is 0 Å². The Bertz CT molecular complexity index is 564. The highest BCUT2D eigenvalue weighted by atomic mass is 16.7. The Morgan fingerprint density at radius 2 is 1.70 bits per heavy atom. The van der Waals surface area contributed by atoms with Gasteiger partial charge in [0, 0.05) is 24.7 Å². The third-order valence-corrected chi connectivity index (χ3v) is 5.75. The molecule has 23 heavy (non-hydrogen) atoms. The molecule has 0 bridgehead atoms. The van der Waals surface area contributed by atoms with Crippen LogP contribution < -0.4 is 10.4 Å². The number of hydrogen-bond acceptors (Lipinski definition) is 4. The maximum absolute atomic E-state index is 6.15. The van der Waals surface area contributed by atoms with Crippen molar-refractivity contribution < 1.29 is 9.31 Å². The fourth-order valence-corrected chi connectivity index (χ4v) is 3.18. The first-order valence-corrected chi connectivity index (χ1v) is 8.77. The standard InChI is InChI=1S/C18H29BN2O2/c1-13-7-9-21(10-8-13)16-11-14(2)15(12-20-16)19-22-17(3,4)18(5,6)23-19/h11-13H,7-10H2,1-6H3. The molecular formula is C18H29BN2O2. The highest BCUT2D eigenvalue weighted by Gasteiger charge is 2.52. The summed E-state index contributed by atoms with van der Waals surface area (Å²) in [5, 5.41) is 0. The SMILES string of the molecule is Cc1cc(N2CCC(C)CC2)ncc1B1OC(C)(C)C(C)(C)O1. The van der Waals surface area contributed by atoms with Crippen molar-refractivity contribution in [2.75, 3.05) is 18.0 Å². The van der Waals surface area contributed by atoms with Crippen LogP contribution in [0.25, 0.3) is 0 Å². The minimum Gasteiger partial charge on any atom is -0.399 e. The van der Waals surface area contributed by atoms with Gasteiger partial charge in [0.05, 0.1) is 11.2 Å². The van der Waals surface area contributed by atoms with Gasteiger partial charge in [-0.2, -0.15) is 0 Å². The summed E-state index contributed by atoms with van der Waals surface area (Å²) >= 11 is 0. The van der Waals surface area contributed by atoms with E-state index in [1.165, 1.54) is 18.4 Å². The van der Waals surface area contributed by atoms with E-state index in [1.54, 1.807) is 0 Å². The molecule has 2 aliphatic rings. The van der Waals surface area contributed by atoms with E-state index in [-0.39, 0.29) is 18.3 Å². The Morgan fingerprint density at radius 3 is 2.22 bits per heavy atom. The van der Waals surface area contributed by atoms with Crippen LogP contribution in [0, 0.1) is 12.8 Å². The van der Waals surface area contributed by atoms with Crippen molar-refractivity contribution in [3.8, 4) is 0 Å². The Hall–Kier alpha value is -1.07. The van der Waals surface area contributed by atoms with Crippen LogP contribution in [-0.4, -0.2) is 36.4 Å². The summed E-state index contributed by atoms with van der Waals surface area (Å²) in [6, 6.07) is 2.18. The van der Waals surface area contributed by atoms with Crippen LogP contribution in [0.15, 0.2) is 12.3 Å². The van der Waals surface area contributed by atoms with Crippen molar-refractivity contribution >= 4 is 18.4 Å². The van der Waals surface area contributed by atoms with Gasteiger partial charge in [-0.15, -0.1) is 0 Å². The van der Waals surface area contributed by atoms with Crippen LogP contribution in [0.1, 0.15) is 53.0 Å². The molecule has 0 N–H and O–H groups in total. The molecular weight excluding hydrogens is 287 g/mol. The monoisotopic (exact) mass is 316 g/mol. The topological polar surface area (TPSA) is 34.6 Å². The molecule has 1 aromatic rings. The van der Waals surface area contributed by atoms with E-state index >= 15 is 0 Å². The Morgan fingerprint density at radius 1 is 1.13 bits per heavy atom. The van der Waals surface area contributed by atoms with Gasteiger partial charge in [-0.05, 0) is 65.0 Å². The highest BCUT2D eigenvalue weighted by molar-refractivity contribution is 6.62. The van der Waals surface area contributed by atoms with Crippen molar-refractivity contribution in [3.05, 3.63) is 17.8 Å². The van der Waals surface area contributed by atoms with Crippen LogP contribution in [0.3, 0.4) is 0 Å². The van der Waals surface area contributed by atoms with Crippen molar-refractivity contribution in [1.29, 1.82) is 0 Å². The molecule has 2 fully saturated rings. The second-order valence-electron chi connectivity index (χ2n) is 8.16. The number of anilines is 1. The van der Waals surface area contributed by atoms with Gasteiger partial charge in [0.25, 0.3) is 0 Å². The molecule has 2 saturated heterocycles. The molecule has 0 aromatic carbocycles. The predicted octanol–water partition coefficient (Wildman–Crippen LogP) is 2.93. The smallest absolute Gasteiger partial charge is 0.399 e. The summed E-state index contributed by atoms with van der Waals surface area (Å²) < 4.78 is 12.3. The molecule has 0 aliphatic carbocycles. The first kappa shape index (κ1) is 16.8. The maximum Gasteiger partial charge on any atom is 0.496 e. The number of nitrogens with zero attached hydrogens (tertiary/aromatic N) is 2. The van der Waals surface area contributed by atoms with Crippen LogP contribution in [-0.2, 0) is 9.31 Å². The average Bonchev–Trinajstić information content (AvgIpc) is 2.68. The molecule has 3 heterocycles. The normalized spacial score (nSPS) is 24.3. The summed E-state index contributed by atoms with van der Waals surface area (Å²) in [5.41, 5.74) is 1.60. The van der Waals surface area contributed by atoms with Gasteiger partial charge < -0.3 is 14.2 Å². The van der Waals surface area contributed by atoms with Gasteiger partial charge in [-0.25, -0.2) is 4.98 Å². The molecule has 0 spiro atoms. The maximum atomic E-state index is 6.15. The summed E-state index contributed by atoms with van der Waals surface area (Å²) in [4.78, 5) is 7.08. The summed E-state index contributed by atoms with van der Waals surface area (Å²) in [6.45, 7) is 15.0. The fraction of sp³-hybridized carbons (Fsp3) is 0.722. The van der Waals surface area contributed by atoms with Crippen molar-refractivity contribution in [1.82, 2.24) is 4.98 Å². The van der Waals surface area contributed by atoms with E-state index < -0.39 is 0 Å². The number of rotatable bonds is 2. The van der Waals surface area contributed by atoms with E-state index in [0.717, 1.165) is 30.3 Å².